The number of hydrogen-bond acceptors (Lipinski definition) is 7. The van der Waals surface area contributed by atoms with E-state index in [9.17, 15) is 10.1 Å². The minimum Gasteiger partial charge on any atom is -0.389 e. The quantitative estimate of drug-likeness (QED) is 0.182. The van der Waals surface area contributed by atoms with E-state index in [1.165, 1.54) is 6.07 Å². The number of likely N-dealkylation sites (tertiary alicyclic amines) is 2. The Balaban J connectivity index is 1.61. The number of unbranched alkanes of at least 4 members (excludes halogenated alkanes) is 1. The average Bonchev–Trinajstić information content (AvgIpc) is 3.81. The van der Waals surface area contributed by atoms with Gasteiger partial charge >= 0.3 is 0 Å². The third-order valence-electron chi connectivity index (χ3n) is 10.1. The molecule has 3 aromatic rings. The maximum atomic E-state index is 15.2. The molecule has 2 saturated heterocycles. The number of ether oxygens (including phenoxy) is 1. The van der Waals surface area contributed by atoms with Crippen LogP contribution in [0.2, 0.25) is 0 Å². The maximum Gasteiger partial charge on any atom is 0.247 e. The molecular weight excluding hydrogens is 624 g/mol. The van der Waals surface area contributed by atoms with Crippen molar-refractivity contribution in [2.75, 3.05) is 32.4 Å². The van der Waals surface area contributed by atoms with Crippen LogP contribution < -0.4 is 11.1 Å². The van der Waals surface area contributed by atoms with Gasteiger partial charge in [0.15, 0.2) is 0 Å². The van der Waals surface area contributed by atoms with Crippen LogP contribution in [0.1, 0.15) is 92.7 Å². The lowest BCUT2D eigenvalue weighted by molar-refractivity contribution is -0.133. The van der Waals surface area contributed by atoms with Crippen molar-refractivity contribution >= 4 is 38.2 Å². The van der Waals surface area contributed by atoms with E-state index in [-0.39, 0.29) is 11.7 Å². The summed E-state index contributed by atoms with van der Waals surface area (Å²) < 4.78 is 21.8. The number of fused-ring (bicyclic) bond motifs is 2. The third kappa shape index (κ3) is 6.19. The van der Waals surface area contributed by atoms with Crippen LogP contribution in [0.3, 0.4) is 0 Å². The number of likely N-dealkylation sites (N-methyl/N-ethyl adjacent to an activating group) is 1. The molecule has 3 aliphatic heterocycles. The first-order valence-corrected chi connectivity index (χ1v) is 18.2. The number of amides is 1. The van der Waals surface area contributed by atoms with Crippen LogP contribution in [-0.2, 0) is 29.2 Å². The van der Waals surface area contributed by atoms with Gasteiger partial charge in [-0.1, -0.05) is 39.7 Å². The van der Waals surface area contributed by atoms with Gasteiger partial charge in [-0.15, -0.1) is 11.3 Å². The van der Waals surface area contributed by atoms with Gasteiger partial charge in [0.05, 0.1) is 23.5 Å². The van der Waals surface area contributed by atoms with E-state index >= 15 is 4.39 Å². The third-order valence-corrected chi connectivity index (χ3v) is 11.1. The highest BCUT2D eigenvalue weighted by atomic mass is 32.1. The predicted molar refractivity (Wildman–Crippen MR) is 192 cm³/mol. The van der Waals surface area contributed by atoms with Crippen LogP contribution in [0, 0.1) is 30.0 Å². The van der Waals surface area contributed by atoms with Gasteiger partial charge in [-0.2, -0.15) is 5.26 Å². The molecule has 0 spiro atoms. The van der Waals surface area contributed by atoms with E-state index in [1.54, 1.807) is 11.0 Å². The normalized spacial score (nSPS) is 20.1. The summed E-state index contributed by atoms with van der Waals surface area (Å²) in [5.74, 6) is 2.00. The number of nitrogens with one attached hydrogen (secondary N) is 1. The molecule has 10 heteroatoms. The van der Waals surface area contributed by atoms with E-state index < -0.39 is 6.04 Å². The molecular formula is C38H47FN6O2S. The van der Waals surface area contributed by atoms with Gasteiger partial charge in [-0.3, -0.25) is 9.79 Å². The van der Waals surface area contributed by atoms with Crippen molar-refractivity contribution in [3.05, 3.63) is 63.2 Å². The Bertz CT molecular complexity index is 1840. The molecule has 2 fully saturated rings. The van der Waals surface area contributed by atoms with Crippen LogP contribution in [0.5, 0.6) is 0 Å². The number of anilines is 1. The molecule has 0 saturated carbocycles. The zero-order chi connectivity index (χ0) is 34.1. The fourth-order valence-electron chi connectivity index (χ4n) is 7.60. The number of amidine groups is 1. The number of thiophene rings is 1. The molecule has 48 heavy (non-hydrogen) atoms. The van der Waals surface area contributed by atoms with Crippen molar-refractivity contribution in [3.63, 3.8) is 0 Å². The maximum absolute atomic E-state index is 15.2. The molecule has 6 rings (SSSR count). The van der Waals surface area contributed by atoms with Gasteiger partial charge in [0, 0.05) is 37.6 Å². The van der Waals surface area contributed by atoms with E-state index in [1.807, 2.05) is 7.05 Å². The molecule has 4 heterocycles. The molecule has 1 aromatic heterocycles. The number of carbonyl (C=O) groups excluding carboxylic acids is 1. The second-order valence-electron chi connectivity index (χ2n) is 13.5. The van der Waals surface area contributed by atoms with Crippen molar-refractivity contribution in [1.29, 1.82) is 5.26 Å². The lowest BCUT2D eigenvalue weighted by Gasteiger charge is -2.30. The SMILES string of the molecule is CCC/C=C(/NC(=NC1CCCN(C)C1=O)c1c(C)c(CCC)c(-c2ccc(F)c3sc(N)c(C#N)c23)c2c1COC2)N1CCC(C)C1. The standard InChI is InChI=1S/C38H47FN6O2S/c1-6-8-12-31(45-17-15-22(3)19-45)43-37(42-30-11-9-16-44(5)38(30)46)32-23(4)24(10-7-2)33(28-21-47-20-27(28)32)25-13-14-29(39)35-34(25)26(18-40)36(41)48-35/h12-14,22,30H,6-11,15-17,19-21,41H2,1-5H3,(H,42,43)/b31-12-. The van der Waals surface area contributed by atoms with E-state index in [0.717, 1.165) is 114 Å². The summed E-state index contributed by atoms with van der Waals surface area (Å²) in [6, 6.07) is 5.05. The van der Waals surface area contributed by atoms with Gasteiger partial charge in [0.2, 0.25) is 5.91 Å². The predicted octanol–water partition coefficient (Wildman–Crippen LogP) is 7.39. The van der Waals surface area contributed by atoms with E-state index in [2.05, 4.69) is 50.1 Å². The topological polar surface area (TPSA) is 107 Å². The fourth-order valence-corrected chi connectivity index (χ4v) is 8.55. The molecule has 3 N–H and O–H groups in total. The molecule has 254 valence electrons. The van der Waals surface area contributed by atoms with E-state index in [0.29, 0.717) is 52.0 Å². The minimum absolute atomic E-state index is 0.0400. The number of hydrogen-bond donors (Lipinski definition) is 2. The summed E-state index contributed by atoms with van der Waals surface area (Å²) in [5.41, 5.74) is 13.6. The summed E-state index contributed by atoms with van der Waals surface area (Å²) in [6.45, 7) is 12.2. The Morgan fingerprint density at radius 2 is 2.02 bits per heavy atom. The zero-order valence-electron chi connectivity index (χ0n) is 28.8. The molecule has 0 aliphatic carbocycles. The number of nitrogens with two attached hydrogens (primary N) is 1. The van der Waals surface area contributed by atoms with Gasteiger partial charge in [-0.05, 0) is 90.5 Å². The lowest BCUT2D eigenvalue weighted by Crippen LogP contribution is -2.43. The highest BCUT2D eigenvalue weighted by molar-refractivity contribution is 7.23. The van der Waals surface area contributed by atoms with Gasteiger partial charge in [0.25, 0.3) is 0 Å². The Hall–Kier alpha value is -3.94. The number of nitriles is 1. The van der Waals surface area contributed by atoms with Gasteiger partial charge < -0.3 is 25.6 Å². The number of carbonyl (C=O) groups is 1. The molecule has 0 radical (unpaired) electrons. The number of benzene rings is 2. The van der Waals surface area contributed by atoms with Crippen LogP contribution in [0.4, 0.5) is 9.39 Å². The first kappa shape index (κ1) is 33.9. The van der Waals surface area contributed by atoms with Crippen molar-refractivity contribution in [2.45, 2.75) is 91.9 Å². The summed E-state index contributed by atoms with van der Waals surface area (Å²) >= 11 is 1.12. The summed E-state index contributed by atoms with van der Waals surface area (Å²) in [5, 5.41) is 14.8. The number of aliphatic imine (C=N–C) groups is 1. The number of piperidine rings is 1. The largest absolute Gasteiger partial charge is 0.389 e. The number of allylic oxidation sites excluding steroid dienone is 1. The highest BCUT2D eigenvalue weighted by Gasteiger charge is 2.33. The molecule has 3 aliphatic rings. The van der Waals surface area contributed by atoms with Crippen molar-refractivity contribution < 1.29 is 13.9 Å². The summed E-state index contributed by atoms with van der Waals surface area (Å²) in [7, 11) is 1.86. The van der Waals surface area contributed by atoms with Crippen LogP contribution >= 0.6 is 11.3 Å². The highest BCUT2D eigenvalue weighted by Crippen LogP contribution is 2.46. The fraction of sp³-hybridized carbons (Fsp3) is 0.500. The van der Waals surface area contributed by atoms with Crippen LogP contribution in [0.25, 0.3) is 21.2 Å². The zero-order valence-corrected chi connectivity index (χ0v) is 29.7. The monoisotopic (exact) mass is 670 g/mol. The molecule has 1 amide bonds. The number of halogens is 1. The Labute approximate surface area is 287 Å². The Morgan fingerprint density at radius 1 is 1.23 bits per heavy atom. The first-order valence-electron chi connectivity index (χ1n) is 17.4. The van der Waals surface area contributed by atoms with Gasteiger partial charge in [0.1, 0.15) is 34.6 Å². The van der Waals surface area contributed by atoms with Crippen molar-refractivity contribution in [3.8, 4) is 17.2 Å². The molecule has 2 atom stereocenters. The average molecular weight is 671 g/mol. The first-order chi connectivity index (χ1) is 23.2. The van der Waals surface area contributed by atoms with E-state index in [4.69, 9.17) is 15.5 Å². The van der Waals surface area contributed by atoms with Crippen LogP contribution in [0.15, 0.2) is 29.0 Å². The molecule has 0 bridgehead atoms. The second-order valence-corrected chi connectivity index (χ2v) is 14.6. The second kappa shape index (κ2) is 14.3. The van der Waals surface area contributed by atoms with Gasteiger partial charge in [-0.25, -0.2) is 4.39 Å². The number of rotatable bonds is 9. The molecule has 2 unspecified atom stereocenters. The minimum atomic E-state index is -0.480. The van der Waals surface area contributed by atoms with Crippen molar-refractivity contribution in [1.82, 2.24) is 15.1 Å². The summed E-state index contributed by atoms with van der Waals surface area (Å²) in [6.07, 6.45) is 8.60. The Morgan fingerprint density at radius 3 is 2.73 bits per heavy atom. The van der Waals surface area contributed by atoms with Crippen LogP contribution in [-0.4, -0.2) is 54.3 Å². The molecule has 2 aromatic carbocycles. The molecule has 8 nitrogen and oxygen atoms in total. The number of nitrogens with zero attached hydrogens (tertiary/aromatic N) is 4. The van der Waals surface area contributed by atoms with Crippen molar-refractivity contribution in [2.24, 2.45) is 10.9 Å². The smallest absolute Gasteiger partial charge is 0.247 e. The summed E-state index contributed by atoms with van der Waals surface area (Å²) in [4.78, 5) is 23.0. The lowest BCUT2D eigenvalue weighted by atomic mass is 9.82. The number of nitrogen functional groups attached to an aromatic ring is 1. The Kier molecular flexibility index (Phi) is 10.1.